The Labute approximate surface area is 143 Å². The minimum Gasteiger partial charge on any atom is -0.366 e. The van der Waals surface area contributed by atoms with E-state index in [1.807, 2.05) is 6.07 Å². The number of rotatable bonds is 5. The summed E-state index contributed by atoms with van der Waals surface area (Å²) in [4.78, 5) is 23.7. The lowest BCUT2D eigenvalue weighted by molar-refractivity contribution is 0.0938. The average molecular weight is 352 g/mol. The highest BCUT2D eigenvalue weighted by molar-refractivity contribution is 6.34. The van der Waals surface area contributed by atoms with E-state index < -0.39 is 11.9 Å². The fraction of sp³-hybridized carbons (Fsp3) is 0.125. The Hall–Kier alpha value is -2.08. The fourth-order valence-electron chi connectivity index (χ4n) is 2.10. The predicted molar refractivity (Wildman–Crippen MR) is 90.7 cm³/mol. The van der Waals surface area contributed by atoms with E-state index >= 15 is 0 Å². The van der Waals surface area contributed by atoms with Gasteiger partial charge in [-0.05, 0) is 35.9 Å². The lowest BCUT2D eigenvalue weighted by Crippen LogP contribution is -2.33. The first-order valence-corrected chi connectivity index (χ1v) is 7.53. The zero-order valence-electron chi connectivity index (χ0n) is 12.1. The third kappa shape index (κ3) is 4.22. The summed E-state index contributed by atoms with van der Waals surface area (Å²) in [6, 6.07) is 11.0. The Balaban J connectivity index is 2.23. The lowest BCUT2D eigenvalue weighted by Gasteiger charge is -2.18. The normalized spacial score (nSPS) is 11.8. The SMILES string of the molecule is NCC(NC(=O)c1ccc(Cl)c(C(N)=O)c1)c1cccc(Cl)c1. The molecular weight excluding hydrogens is 337 g/mol. The van der Waals surface area contributed by atoms with Gasteiger partial charge in [0.25, 0.3) is 5.91 Å². The van der Waals surface area contributed by atoms with Crippen LogP contribution in [0.15, 0.2) is 42.5 Å². The first-order chi connectivity index (χ1) is 10.9. The summed E-state index contributed by atoms with van der Waals surface area (Å²) in [5, 5.41) is 3.54. The molecule has 0 aromatic heterocycles. The second-order valence-electron chi connectivity index (χ2n) is 4.88. The molecule has 0 aliphatic rings. The van der Waals surface area contributed by atoms with Gasteiger partial charge in [-0.1, -0.05) is 35.3 Å². The van der Waals surface area contributed by atoms with Crippen LogP contribution in [-0.4, -0.2) is 18.4 Å². The van der Waals surface area contributed by atoms with Gasteiger partial charge in [-0.2, -0.15) is 0 Å². The van der Waals surface area contributed by atoms with Gasteiger partial charge < -0.3 is 16.8 Å². The molecule has 0 aliphatic heterocycles. The van der Waals surface area contributed by atoms with Crippen LogP contribution in [0.3, 0.4) is 0 Å². The first-order valence-electron chi connectivity index (χ1n) is 6.78. The molecule has 0 aliphatic carbocycles. The first kappa shape index (κ1) is 17.3. The van der Waals surface area contributed by atoms with Crippen molar-refractivity contribution in [3.8, 4) is 0 Å². The zero-order valence-corrected chi connectivity index (χ0v) is 13.6. The predicted octanol–water partition coefficient (Wildman–Crippen LogP) is 2.52. The topological polar surface area (TPSA) is 98.2 Å². The number of carbonyl (C=O) groups is 2. The summed E-state index contributed by atoms with van der Waals surface area (Å²) >= 11 is 11.8. The van der Waals surface area contributed by atoms with Crippen LogP contribution in [0.1, 0.15) is 32.3 Å². The molecule has 0 saturated heterocycles. The fourth-order valence-corrected chi connectivity index (χ4v) is 2.51. The van der Waals surface area contributed by atoms with E-state index in [0.717, 1.165) is 5.56 Å². The van der Waals surface area contributed by atoms with E-state index in [4.69, 9.17) is 34.7 Å². The minimum absolute atomic E-state index is 0.0892. The van der Waals surface area contributed by atoms with Crippen LogP contribution in [0, 0.1) is 0 Å². The number of primary amides is 1. The molecule has 1 atom stereocenters. The average Bonchev–Trinajstić information content (AvgIpc) is 2.52. The maximum atomic E-state index is 12.4. The van der Waals surface area contributed by atoms with Gasteiger partial charge in [0, 0.05) is 17.1 Å². The summed E-state index contributed by atoms with van der Waals surface area (Å²) < 4.78 is 0. The molecule has 120 valence electrons. The van der Waals surface area contributed by atoms with Crippen LogP contribution in [-0.2, 0) is 0 Å². The molecule has 7 heteroatoms. The molecule has 2 aromatic carbocycles. The van der Waals surface area contributed by atoms with Gasteiger partial charge in [0.2, 0.25) is 5.91 Å². The number of halogens is 2. The van der Waals surface area contributed by atoms with Gasteiger partial charge in [0.05, 0.1) is 16.6 Å². The second-order valence-corrected chi connectivity index (χ2v) is 5.72. The Bertz CT molecular complexity index is 750. The zero-order chi connectivity index (χ0) is 17.0. The van der Waals surface area contributed by atoms with E-state index in [9.17, 15) is 9.59 Å². The number of amides is 2. The molecule has 5 nitrogen and oxygen atoms in total. The number of hydrogen-bond donors (Lipinski definition) is 3. The monoisotopic (exact) mass is 351 g/mol. The van der Waals surface area contributed by atoms with E-state index in [1.54, 1.807) is 18.2 Å². The lowest BCUT2D eigenvalue weighted by atomic mass is 10.1. The minimum atomic E-state index is -0.699. The van der Waals surface area contributed by atoms with Gasteiger partial charge in [-0.15, -0.1) is 0 Å². The van der Waals surface area contributed by atoms with Crippen LogP contribution in [0.4, 0.5) is 0 Å². The van der Waals surface area contributed by atoms with Crippen molar-refractivity contribution in [2.45, 2.75) is 6.04 Å². The number of nitrogens with two attached hydrogens (primary N) is 2. The van der Waals surface area contributed by atoms with Crippen molar-refractivity contribution in [2.24, 2.45) is 11.5 Å². The summed E-state index contributed by atoms with van der Waals surface area (Å²) in [5.74, 6) is -1.09. The molecule has 0 saturated carbocycles. The quantitative estimate of drug-likeness (QED) is 0.771. The van der Waals surface area contributed by atoms with E-state index in [2.05, 4.69) is 5.32 Å². The highest BCUT2D eigenvalue weighted by Crippen LogP contribution is 2.20. The van der Waals surface area contributed by atoms with E-state index in [0.29, 0.717) is 5.02 Å². The maximum Gasteiger partial charge on any atom is 0.251 e. The number of hydrogen-bond acceptors (Lipinski definition) is 3. The van der Waals surface area contributed by atoms with Crippen molar-refractivity contribution in [3.63, 3.8) is 0 Å². The van der Waals surface area contributed by atoms with Gasteiger partial charge in [-0.3, -0.25) is 9.59 Å². The molecule has 23 heavy (non-hydrogen) atoms. The summed E-state index contributed by atoms with van der Waals surface area (Å²) in [6.07, 6.45) is 0. The molecule has 2 rings (SSSR count). The van der Waals surface area contributed by atoms with Gasteiger partial charge >= 0.3 is 0 Å². The maximum absolute atomic E-state index is 12.4. The molecule has 2 amide bonds. The smallest absolute Gasteiger partial charge is 0.251 e. The molecular formula is C16H15Cl2N3O2. The molecule has 2 aromatic rings. The third-order valence-electron chi connectivity index (χ3n) is 3.29. The summed E-state index contributed by atoms with van der Waals surface area (Å²) in [6.45, 7) is 0.197. The standard InChI is InChI=1S/C16H15Cl2N3O2/c17-11-3-1-2-9(6-11)14(8-19)21-16(23)10-4-5-13(18)12(7-10)15(20)22/h1-7,14H,8,19H2,(H2,20,22)(H,21,23). The number of benzene rings is 2. The van der Waals surface area contributed by atoms with Crippen LogP contribution in [0.25, 0.3) is 0 Å². The highest BCUT2D eigenvalue weighted by atomic mass is 35.5. The Morgan fingerprint density at radius 2 is 1.87 bits per heavy atom. The molecule has 0 spiro atoms. The van der Waals surface area contributed by atoms with Crippen LogP contribution in [0.2, 0.25) is 10.0 Å². The van der Waals surface area contributed by atoms with Gasteiger partial charge in [0.1, 0.15) is 0 Å². The van der Waals surface area contributed by atoms with E-state index in [-0.39, 0.29) is 28.6 Å². The van der Waals surface area contributed by atoms with Crippen molar-refractivity contribution >= 4 is 35.0 Å². The van der Waals surface area contributed by atoms with Crippen molar-refractivity contribution in [2.75, 3.05) is 6.54 Å². The van der Waals surface area contributed by atoms with E-state index in [1.165, 1.54) is 18.2 Å². The van der Waals surface area contributed by atoms with Gasteiger partial charge in [0.15, 0.2) is 0 Å². The van der Waals surface area contributed by atoms with Crippen molar-refractivity contribution < 1.29 is 9.59 Å². The molecule has 0 fully saturated rings. The molecule has 5 N–H and O–H groups in total. The molecule has 1 unspecified atom stereocenters. The van der Waals surface area contributed by atoms with Crippen molar-refractivity contribution in [1.82, 2.24) is 5.32 Å². The number of nitrogens with one attached hydrogen (secondary N) is 1. The number of carbonyl (C=O) groups excluding carboxylic acids is 2. The highest BCUT2D eigenvalue weighted by Gasteiger charge is 2.17. The molecule has 0 radical (unpaired) electrons. The van der Waals surface area contributed by atoms with Crippen molar-refractivity contribution in [3.05, 3.63) is 69.2 Å². The largest absolute Gasteiger partial charge is 0.366 e. The van der Waals surface area contributed by atoms with Crippen molar-refractivity contribution in [1.29, 1.82) is 0 Å². The molecule has 0 bridgehead atoms. The van der Waals surface area contributed by atoms with Crippen LogP contribution >= 0.6 is 23.2 Å². The Kier molecular flexibility index (Phi) is 5.60. The Morgan fingerprint density at radius 3 is 2.48 bits per heavy atom. The third-order valence-corrected chi connectivity index (χ3v) is 3.85. The van der Waals surface area contributed by atoms with Crippen LogP contribution in [0.5, 0.6) is 0 Å². The van der Waals surface area contributed by atoms with Crippen LogP contribution < -0.4 is 16.8 Å². The molecule has 0 heterocycles. The van der Waals surface area contributed by atoms with Gasteiger partial charge in [-0.25, -0.2) is 0 Å². The second kappa shape index (κ2) is 7.46. The Morgan fingerprint density at radius 1 is 1.13 bits per heavy atom. The summed E-state index contributed by atoms with van der Waals surface area (Å²) in [7, 11) is 0. The summed E-state index contributed by atoms with van der Waals surface area (Å²) in [5.41, 5.74) is 12.1.